The lowest BCUT2D eigenvalue weighted by Gasteiger charge is -2.15. The Morgan fingerprint density at radius 2 is 2.24 bits per heavy atom. The number of hydrogen-bond donors (Lipinski definition) is 3. The molecule has 1 aliphatic rings. The fraction of sp³-hybridized carbons (Fsp3) is 0.500. The average molecular weight is 362 g/mol. The Hall–Kier alpha value is -2.02. The molecule has 1 aliphatic heterocycles. The van der Waals surface area contributed by atoms with Crippen LogP contribution in [0.1, 0.15) is 24.5 Å². The second kappa shape index (κ2) is 7.47. The van der Waals surface area contributed by atoms with Crippen LogP contribution in [0.4, 0.5) is 0 Å². The number of guanidine groups is 1. The zero-order valence-corrected chi connectivity index (χ0v) is 15.6. The van der Waals surface area contributed by atoms with Crippen LogP contribution >= 0.6 is 0 Å². The Morgan fingerprint density at radius 1 is 1.40 bits per heavy atom. The highest BCUT2D eigenvalue weighted by Crippen LogP contribution is 2.21. The van der Waals surface area contributed by atoms with Crippen LogP contribution in [0.25, 0.3) is 10.9 Å². The minimum absolute atomic E-state index is 0.0430. The number of aromatic amines is 1. The fourth-order valence-electron chi connectivity index (χ4n) is 3.28. The third kappa shape index (κ3) is 4.34. The van der Waals surface area contributed by atoms with E-state index >= 15 is 0 Å². The number of hydrogen-bond acceptors (Lipinski definition) is 3. The third-order valence-corrected chi connectivity index (χ3v) is 6.35. The molecule has 3 N–H and O–H groups in total. The second-order valence-corrected chi connectivity index (χ2v) is 8.80. The maximum atomic E-state index is 11.6. The number of H-pyrrole nitrogens is 1. The van der Waals surface area contributed by atoms with Crippen molar-refractivity contribution in [3.05, 3.63) is 35.5 Å². The minimum atomic E-state index is -2.89. The molecule has 2 heterocycles. The van der Waals surface area contributed by atoms with Gasteiger partial charge in [-0.25, -0.2) is 8.42 Å². The summed E-state index contributed by atoms with van der Waals surface area (Å²) in [6, 6.07) is 6.26. The summed E-state index contributed by atoms with van der Waals surface area (Å²) in [5, 5.41) is 7.70. The van der Waals surface area contributed by atoms with Crippen molar-refractivity contribution < 1.29 is 8.42 Å². The number of aryl methyl sites for hydroxylation is 1. The van der Waals surface area contributed by atoms with Crippen LogP contribution in [0.3, 0.4) is 0 Å². The molecule has 0 aliphatic carbocycles. The van der Waals surface area contributed by atoms with E-state index in [0.29, 0.717) is 18.9 Å². The highest BCUT2D eigenvalue weighted by molar-refractivity contribution is 7.91. The van der Waals surface area contributed by atoms with Gasteiger partial charge in [0.15, 0.2) is 15.8 Å². The van der Waals surface area contributed by atoms with E-state index in [2.05, 4.69) is 51.9 Å². The number of para-hydroxylation sites is 1. The zero-order chi connectivity index (χ0) is 17.9. The van der Waals surface area contributed by atoms with Gasteiger partial charge in [-0.2, -0.15) is 0 Å². The lowest BCUT2D eigenvalue weighted by molar-refractivity contribution is 0.599. The molecule has 0 spiro atoms. The highest BCUT2D eigenvalue weighted by atomic mass is 32.2. The van der Waals surface area contributed by atoms with E-state index in [1.165, 1.54) is 22.0 Å². The normalized spacial score (nSPS) is 20.1. The van der Waals surface area contributed by atoms with Crippen LogP contribution < -0.4 is 10.6 Å². The topological polar surface area (TPSA) is 86.3 Å². The molecule has 1 unspecified atom stereocenters. The first kappa shape index (κ1) is 17.8. The quantitative estimate of drug-likeness (QED) is 0.559. The number of sulfone groups is 1. The smallest absolute Gasteiger partial charge is 0.191 e. The van der Waals surface area contributed by atoms with Crippen molar-refractivity contribution in [3.63, 3.8) is 0 Å². The predicted molar refractivity (Wildman–Crippen MR) is 103 cm³/mol. The van der Waals surface area contributed by atoms with Gasteiger partial charge in [0, 0.05) is 36.2 Å². The lowest BCUT2D eigenvalue weighted by Crippen LogP contribution is -2.44. The lowest BCUT2D eigenvalue weighted by atomic mass is 10.1. The number of nitrogens with one attached hydrogen (secondary N) is 3. The van der Waals surface area contributed by atoms with Crippen LogP contribution in [0.5, 0.6) is 0 Å². The van der Waals surface area contributed by atoms with E-state index in [4.69, 9.17) is 0 Å². The maximum Gasteiger partial charge on any atom is 0.191 e. The standard InChI is InChI=1S/C18H26N4O2S/c1-3-19-18(22-15-8-10-25(23,24)12-15)20-9-7-14-11-21-17-13(2)5-4-6-16(14)17/h4-6,11,15,21H,3,7-10,12H2,1-2H3,(H2,19,20,22). The molecule has 1 aromatic heterocycles. The number of aliphatic imine (C=N–C) groups is 1. The molecule has 25 heavy (non-hydrogen) atoms. The summed E-state index contributed by atoms with van der Waals surface area (Å²) >= 11 is 0. The SMILES string of the molecule is CCNC(=NCCc1c[nH]c2c(C)cccc12)NC1CCS(=O)(=O)C1. The minimum Gasteiger partial charge on any atom is -0.361 e. The zero-order valence-electron chi connectivity index (χ0n) is 14.8. The first-order valence-corrected chi connectivity index (χ1v) is 10.6. The molecule has 0 saturated carbocycles. The van der Waals surface area contributed by atoms with Gasteiger partial charge in [0.25, 0.3) is 0 Å². The molecule has 1 fully saturated rings. The van der Waals surface area contributed by atoms with Crippen LogP contribution in [0, 0.1) is 6.92 Å². The maximum absolute atomic E-state index is 11.6. The summed E-state index contributed by atoms with van der Waals surface area (Å²) in [4.78, 5) is 7.96. The molecule has 3 rings (SSSR count). The molecule has 7 heteroatoms. The Morgan fingerprint density at radius 3 is 2.96 bits per heavy atom. The average Bonchev–Trinajstić information content (AvgIpc) is 3.12. The molecule has 6 nitrogen and oxygen atoms in total. The summed E-state index contributed by atoms with van der Waals surface area (Å²) in [5.41, 5.74) is 3.68. The van der Waals surface area contributed by atoms with E-state index in [-0.39, 0.29) is 17.5 Å². The van der Waals surface area contributed by atoms with Crippen LogP contribution in [0.15, 0.2) is 29.4 Å². The molecule has 2 aromatic rings. The van der Waals surface area contributed by atoms with Crippen LogP contribution in [0.2, 0.25) is 0 Å². The van der Waals surface area contributed by atoms with E-state index < -0.39 is 9.84 Å². The summed E-state index contributed by atoms with van der Waals surface area (Å²) in [5.74, 6) is 1.15. The van der Waals surface area contributed by atoms with Crippen molar-refractivity contribution in [1.29, 1.82) is 0 Å². The predicted octanol–water partition coefficient (Wildman–Crippen LogP) is 1.76. The molecule has 1 saturated heterocycles. The number of aromatic nitrogens is 1. The van der Waals surface area contributed by atoms with Crippen LogP contribution in [-0.2, 0) is 16.3 Å². The Labute approximate surface area is 149 Å². The third-order valence-electron chi connectivity index (χ3n) is 4.58. The van der Waals surface area contributed by atoms with Crippen molar-refractivity contribution in [2.75, 3.05) is 24.6 Å². The molecule has 136 valence electrons. The van der Waals surface area contributed by atoms with E-state index in [9.17, 15) is 8.42 Å². The van der Waals surface area contributed by atoms with Gasteiger partial charge < -0.3 is 15.6 Å². The molecule has 1 aromatic carbocycles. The summed E-state index contributed by atoms with van der Waals surface area (Å²) < 4.78 is 23.2. The van der Waals surface area contributed by atoms with E-state index in [1.807, 2.05) is 6.92 Å². The monoisotopic (exact) mass is 362 g/mol. The van der Waals surface area contributed by atoms with Crippen molar-refractivity contribution >= 4 is 26.7 Å². The van der Waals surface area contributed by atoms with E-state index in [1.54, 1.807) is 0 Å². The second-order valence-electron chi connectivity index (χ2n) is 6.57. The summed E-state index contributed by atoms with van der Waals surface area (Å²) in [6.45, 7) is 5.50. The van der Waals surface area contributed by atoms with Crippen molar-refractivity contribution in [3.8, 4) is 0 Å². The fourth-order valence-corrected chi connectivity index (χ4v) is 4.95. The Kier molecular flexibility index (Phi) is 5.32. The summed E-state index contributed by atoms with van der Waals surface area (Å²) in [6.07, 6.45) is 3.54. The van der Waals surface area contributed by atoms with Crippen LogP contribution in [-0.4, -0.2) is 50.0 Å². The van der Waals surface area contributed by atoms with Gasteiger partial charge in [0.1, 0.15) is 0 Å². The van der Waals surface area contributed by atoms with E-state index in [0.717, 1.165) is 13.0 Å². The van der Waals surface area contributed by atoms with Crippen molar-refractivity contribution in [1.82, 2.24) is 15.6 Å². The molecular weight excluding hydrogens is 336 g/mol. The van der Waals surface area contributed by atoms with Gasteiger partial charge in [-0.05, 0) is 37.8 Å². The van der Waals surface area contributed by atoms with Crippen molar-refractivity contribution in [2.45, 2.75) is 32.7 Å². The van der Waals surface area contributed by atoms with Gasteiger partial charge in [-0.3, -0.25) is 4.99 Å². The van der Waals surface area contributed by atoms with Gasteiger partial charge in [0.2, 0.25) is 0 Å². The molecule has 1 atom stereocenters. The number of fused-ring (bicyclic) bond motifs is 1. The van der Waals surface area contributed by atoms with Crippen molar-refractivity contribution in [2.24, 2.45) is 4.99 Å². The van der Waals surface area contributed by atoms with Gasteiger partial charge in [-0.15, -0.1) is 0 Å². The first-order chi connectivity index (χ1) is 12.0. The molecule has 0 amide bonds. The number of benzene rings is 1. The molecule has 0 bridgehead atoms. The summed E-state index contributed by atoms with van der Waals surface area (Å²) in [7, 11) is -2.89. The number of nitrogens with zero attached hydrogens (tertiary/aromatic N) is 1. The van der Waals surface area contributed by atoms with Gasteiger partial charge in [-0.1, -0.05) is 18.2 Å². The molecular formula is C18H26N4O2S. The number of rotatable bonds is 5. The Balaban J connectivity index is 1.64. The largest absolute Gasteiger partial charge is 0.361 e. The van der Waals surface area contributed by atoms with Gasteiger partial charge in [0.05, 0.1) is 11.5 Å². The Bertz CT molecular complexity index is 870. The first-order valence-electron chi connectivity index (χ1n) is 8.79. The molecule has 0 radical (unpaired) electrons. The highest BCUT2D eigenvalue weighted by Gasteiger charge is 2.28. The van der Waals surface area contributed by atoms with Gasteiger partial charge >= 0.3 is 0 Å².